The van der Waals surface area contributed by atoms with Crippen LogP contribution in [-0.4, -0.2) is 21.6 Å². The molecule has 26 heavy (non-hydrogen) atoms. The van der Waals surface area contributed by atoms with Crippen LogP contribution in [0.4, 0.5) is 5.69 Å². The summed E-state index contributed by atoms with van der Waals surface area (Å²) in [5.74, 6) is 0.522. The van der Waals surface area contributed by atoms with Crippen LogP contribution >= 0.6 is 11.8 Å². The lowest BCUT2D eigenvalue weighted by Crippen LogP contribution is -2.38. The Labute approximate surface area is 155 Å². The third-order valence-corrected chi connectivity index (χ3v) is 6.68. The fourth-order valence-electron chi connectivity index (χ4n) is 3.97. The standard InChI is InChI=1S/C19H20N2O4S/c1-19(2)7-5-12-16(18(19)23)15(17-13(20-12)6-8-26-17)11-9-10(21(24)25)3-4-14(11)22/h3-4,9,15,20,22H,5-8H2,1-2H3. The van der Waals surface area contributed by atoms with Gasteiger partial charge in [-0.05, 0) is 25.3 Å². The maximum Gasteiger partial charge on any atom is 0.270 e. The molecule has 2 heterocycles. The van der Waals surface area contributed by atoms with Crippen molar-refractivity contribution in [2.45, 2.75) is 39.0 Å². The minimum absolute atomic E-state index is 0.00937. The van der Waals surface area contributed by atoms with E-state index < -0.39 is 16.3 Å². The van der Waals surface area contributed by atoms with Gasteiger partial charge in [0, 0.05) is 50.7 Å². The summed E-state index contributed by atoms with van der Waals surface area (Å²) in [6, 6.07) is 4.06. The van der Waals surface area contributed by atoms with Crippen LogP contribution < -0.4 is 5.32 Å². The number of thioether (sulfide) groups is 1. The van der Waals surface area contributed by atoms with Gasteiger partial charge >= 0.3 is 0 Å². The molecule has 0 aromatic heterocycles. The Morgan fingerprint density at radius 2 is 2.08 bits per heavy atom. The van der Waals surface area contributed by atoms with Crippen LogP contribution in [0.15, 0.2) is 40.1 Å². The summed E-state index contributed by atoms with van der Waals surface area (Å²) >= 11 is 1.66. The number of aromatic hydroxyl groups is 1. The van der Waals surface area contributed by atoms with Crippen LogP contribution in [0.25, 0.3) is 0 Å². The van der Waals surface area contributed by atoms with E-state index in [9.17, 15) is 20.0 Å². The molecule has 2 aliphatic heterocycles. The zero-order valence-electron chi connectivity index (χ0n) is 14.7. The Hall–Kier alpha value is -2.28. The number of hydrogen-bond donors (Lipinski definition) is 2. The number of non-ortho nitro benzene ring substituents is 1. The summed E-state index contributed by atoms with van der Waals surface area (Å²) in [5, 5.41) is 25.2. The van der Waals surface area contributed by atoms with E-state index in [0.717, 1.165) is 41.3 Å². The molecule has 136 valence electrons. The largest absolute Gasteiger partial charge is 0.508 e. The lowest BCUT2D eigenvalue weighted by Gasteiger charge is -2.39. The molecule has 0 saturated heterocycles. The summed E-state index contributed by atoms with van der Waals surface area (Å²) in [7, 11) is 0. The number of ketones is 1. The van der Waals surface area contributed by atoms with E-state index in [0.29, 0.717) is 11.1 Å². The Morgan fingerprint density at radius 3 is 2.81 bits per heavy atom. The SMILES string of the molecule is CC1(C)CCC2=C(C1=O)C(c1cc([N+](=O)[O-])ccc1O)C1=C(CCS1)N2. The van der Waals surface area contributed by atoms with Gasteiger partial charge in [0.2, 0.25) is 0 Å². The first-order chi connectivity index (χ1) is 12.3. The fraction of sp³-hybridized carbons (Fsp3) is 0.421. The maximum absolute atomic E-state index is 13.2. The smallest absolute Gasteiger partial charge is 0.270 e. The molecule has 4 rings (SSSR count). The molecule has 1 aromatic carbocycles. The Bertz CT molecular complexity index is 901. The number of nitrogens with one attached hydrogen (secondary N) is 1. The molecule has 0 bridgehead atoms. The number of dihydropyridines is 1. The number of phenolic OH excluding ortho intramolecular Hbond substituents is 1. The highest BCUT2D eigenvalue weighted by molar-refractivity contribution is 8.03. The molecule has 3 aliphatic rings. The molecule has 7 heteroatoms. The van der Waals surface area contributed by atoms with Gasteiger partial charge in [0.15, 0.2) is 5.78 Å². The van der Waals surface area contributed by atoms with Gasteiger partial charge in [-0.25, -0.2) is 0 Å². The van der Waals surface area contributed by atoms with Crippen LogP contribution in [0, 0.1) is 15.5 Å². The highest BCUT2D eigenvalue weighted by atomic mass is 32.2. The molecule has 6 nitrogen and oxygen atoms in total. The van der Waals surface area contributed by atoms with Gasteiger partial charge in [-0.3, -0.25) is 14.9 Å². The first-order valence-corrected chi connectivity index (χ1v) is 9.66. The van der Waals surface area contributed by atoms with Gasteiger partial charge in [-0.15, -0.1) is 11.8 Å². The second-order valence-electron chi connectivity index (χ2n) is 7.60. The summed E-state index contributed by atoms with van der Waals surface area (Å²) in [5.41, 5.74) is 2.54. The minimum atomic E-state index is -0.476. The fourth-order valence-corrected chi connectivity index (χ4v) is 5.24. The molecule has 0 saturated carbocycles. The second-order valence-corrected chi connectivity index (χ2v) is 8.74. The van der Waals surface area contributed by atoms with Crippen molar-refractivity contribution in [1.82, 2.24) is 5.32 Å². The zero-order valence-corrected chi connectivity index (χ0v) is 15.5. The molecule has 0 amide bonds. The number of carbonyl (C=O) groups is 1. The van der Waals surface area contributed by atoms with E-state index in [4.69, 9.17) is 0 Å². The van der Waals surface area contributed by atoms with Crippen molar-refractivity contribution < 1.29 is 14.8 Å². The zero-order chi connectivity index (χ0) is 18.6. The number of benzene rings is 1. The van der Waals surface area contributed by atoms with Crippen LogP contribution in [-0.2, 0) is 4.79 Å². The predicted molar refractivity (Wildman–Crippen MR) is 99.8 cm³/mol. The number of allylic oxidation sites excluding steroid dienone is 4. The predicted octanol–water partition coefficient (Wildman–Crippen LogP) is 3.98. The monoisotopic (exact) mass is 372 g/mol. The van der Waals surface area contributed by atoms with E-state index in [2.05, 4.69) is 5.32 Å². The van der Waals surface area contributed by atoms with Crippen molar-refractivity contribution in [2.24, 2.45) is 5.41 Å². The summed E-state index contributed by atoms with van der Waals surface area (Å²) in [4.78, 5) is 25.0. The summed E-state index contributed by atoms with van der Waals surface area (Å²) in [6.45, 7) is 3.88. The Morgan fingerprint density at radius 1 is 1.31 bits per heavy atom. The van der Waals surface area contributed by atoms with E-state index in [1.54, 1.807) is 11.8 Å². The van der Waals surface area contributed by atoms with Crippen molar-refractivity contribution in [3.63, 3.8) is 0 Å². The molecule has 0 radical (unpaired) electrons. The first kappa shape index (κ1) is 17.1. The van der Waals surface area contributed by atoms with Gasteiger partial charge in [0.25, 0.3) is 5.69 Å². The highest BCUT2D eigenvalue weighted by Crippen LogP contribution is 2.54. The van der Waals surface area contributed by atoms with Gasteiger partial charge < -0.3 is 10.4 Å². The van der Waals surface area contributed by atoms with Gasteiger partial charge in [0.1, 0.15) is 5.75 Å². The number of hydrogen-bond acceptors (Lipinski definition) is 6. The number of nitro benzene ring substituents is 1. The second kappa shape index (κ2) is 5.87. The molecule has 1 aliphatic carbocycles. The molecular weight excluding hydrogens is 352 g/mol. The van der Waals surface area contributed by atoms with Gasteiger partial charge in [-0.1, -0.05) is 13.8 Å². The Kier molecular flexibility index (Phi) is 3.87. The normalized spacial score (nSPS) is 24.2. The van der Waals surface area contributed by atoms with Gasteiger partial charge in [0.05, 0.1) is 10.8 Å². The van der Waals surface area contributed by atoms with Crippen LogP contribution in [0.1, 0.15) is 44.6 Å². The molecule has 1 aromatic rings. The Balaban J connectivity index is 1.92. The lowest BCUT2D eigenvalue weighted by atomic mass is 9.69. The molecule has 1 unspecified atom stereocenters. The minimum Gasteiger partial charge on any atom is -0.508 e. The number of rotatable bonds is 2. The maximum atomic E-state index is 13.2. The topological polar surface area (TPSA) is 92.5 Å². The number of nitro groups is 1. The third-order valence-electron chi connectivity index (χ3n) is 5.48. The third kappa shape index (κ3) is 2.53. The molecular formula is C19H20N2O4S. The number of carbonyl (C=O) groups excluding carboxylic acids is 1. The average Bonchev–Trinajstić information content (AvgIpc) is 3.05. The first-order valence-electron chi connectivity index (χ1n) is 8.67. The lowest BCUT2D eigenvalue weighted by molar-refractivity contribution is -0.384. The average molecular weight is 372 g/mol. The van der Waals surface area contributed by atoms with E-state index in [1.807, 2.05) is 13.8 Å². The van der Waals surface area contributed by atoms with Crippen molar-refractivity contribution >= 4 is 23.2 Å². The quantitative estimate of drug-likeness (QED) is 0.603. The molecule has 0 spiro atoms. The van der Waals surface area contributed by atoms with Crippen molar-refractivity contribution in [3.8, 4) is 5.75 Å². The summed E-state index contributed by atoms with van der Waals surface area (Å²) < 4.78 is 0. The summed E-state index contributed by atoms with van der Waals surface area (Å²) in [6.07, 6.45) is 2.41. The van der Waals surface area contributed by atoms with Crippen LogP contribution in [0.3, 0.4) is 0 Å². The van der Waals surface area contributed by atoms with Crippen molar-refractivity contribution in [1.29, 1.82) is 0 Å². The van der Waals surface area contributed by atoms with E-state index in [-0.39, 0.29) is 17.2 Å². The van der Waals surface area contributed by atoms with Crippen molar-refractivity contribution in [3.05, 3.63) is 55.7 Å². The van der Waals surface area contributed by atoms with E-state index >= 15 is 0 Å². The molecule has 2 N–H and O–H groups in total. The number of phenols is 1. The molecule has 0 fully saturated rings. The van der Waals surface area contributed by atoms with Gasteiger partial charge in [-0.2, -0.15) is 0 Å². The highest BCUT2D eigenvalue weighted by Gasteiger charge is 2.45. The van der Waals surface area contributed by atoms with Crippen molar-refractivity contribution in [2.75, 3.05) is 5.75 Å². The van der Waals surface area contributed by atoms with E-state index in [1.165, 1.54) is 18.2 Å². The number of nitrogens with zero attached hydrogens (tertiary/aromatic N) is 1. The van der Waals surface area contributed by atoms with Crippen LogP contribution in [0.5, 0.6) is 5.75 Å². The molecule has 1 atom stereocenters. The number of Topliss-reactive ketones (excluding diaryl/α,β-unsaturated/α-hetero) is 1. The van der Waals surface area contributed by atoms with Crippen LogP contribution in [0.2, 0.25) is 0 Å².